The molecular formula is C16H19N3O6. The molecule has 0 bridgehead atoms. The topological polar surface area (TPSA) is 96.0 Å². The van der Waals surface area contributed by atoms with E-state index in [0.29, 0.717) is 43.4 Å². The first-order valence-electron chi connectivity index (χ1n) is 7.78. The van der Waals surface area contributed by atoms with Crippen molar-refractivity contribution in [1.29, 1.82) is 0 Å². The van der Waals surface area contributed by atoms with Gasteiger partial charge < -0.3 is 19.1 Å². The van der Waals surface area contributed by atoms with Gasteiger partial charge in [0.25, 0.3) is 0 Å². The summed E-state index contributed by atoms with van der Waals surface area (Å²) in [4.78, 5) is 26.1. The molecule has 9 nitrogen and oxygen atoms in total. The molecule has 134 valence electrons. The van der Waals surface area contributed by atoms with Crippen molar-refractivity contribution >= 4 is 5.91 Å². The van der Waals surface area contributed by atoms with E-state index in [9.17, 15) is 9.59 Å². The molecule has 0 N–H and O–H groups in total. The lowest BCUT2D eigenvalue weighted by Gasteiger charge is -2.26. The van der Waals surface area contributed by atoms with Crippen LogP contribution in [0.2, 0.25) is 0 Å². The molecular weight excluding hydrogens is 330 g/mol. The van der Waals surface area contributed by atoms with Gasteiger partial charge in [-0.15, -0.1) is 0 Å². The summed E-state index contributed by atoms with van der Waals surface area (Å²) >= 11 is 0. The smallest absolute Gasteiger partial charge is 0.442 e. The summed E-state index contributed by atoms with van der Waals surface area (Å²) < 4.78 is 21.7. The number of rotatable bonds is 5. The fourth-order valence-electron chi connectivity index (χ4n) is 2.64. The fraction of sp³-hybridized carbons (Fsp3) is 0.438. The van der Waals surface area contributed by atoms with Crippen LogP contribution in [-0.2, 0) is 16.1 Å². The normalized spacial score (nSPS) is 14.4. The van der Waals surface area contributed by atoms with Crippen molar-refractivity contribution < 1.29 is 23.5 Å². The van der Waals surface area contributed by atoms with E-state index >= 15 is 0 Å². The highest BCUT2D eigenvalue weighted by Crippen LogP contribution is 2.31. The molecule has 0 spiro atoms. The summed E-state index contributed by atoms with van der Waals surface area (Å²) in [6.07, 6.45) is 0. The third-order valence-electron chi connectivity index (χ3n) is 3.99. The molecule has 1 aliphatic rings. The monoisotopic (exact) mass is 349 g/mol. The fourth-order valence-corrected chi connectivity index (χ4v) is 2.64. The van der Waals surface area contributed by atoms with Gasteiger partial charge in [-0.3, -0.25) is 9.32 Å². The Balaban J connectivity index is 1.89. The zero-order valence-corrected chi connectivity index (χ0v) is 14.1. The Morgan fingerprint density at radius 2 is 1.92 bits per heavy atom. The molecule has 1 aromatic heterocycles. The molecule has 1 fully saturated rings. The zero-order chi connectivity index (χ0) is 17.8. The average molecular weight is 349 g/mol. The van der Waals surface area contributed by atoms with Gasteiger partial charge in [0.1, 0.15) is 6.54 Å². The Morgan fingerprint density at radius 3 is 2.60 bits per heavy atom. The maximum atomic E-state index is 12.4. The predicted octanol–water partition coefficient (Wildman–Crippen LogP) is 0.379. The van der Waals surface area contributed by atoms with Gasteiger partial charge in [-0.25, -0.2) is 9.36 Å². The molecule has 2 heterocycles. The highest BCUT2D eigenvalue weighted by molar-refractivity contribution is 5.77. The van der Waals surface area contributed by atoms with E-state index in [1.807, 2.05) is 0 Å². The molecule has 1 aliphatic heterocycles. The number of nitrogens with zero attached hydrogens (tertiary/aromatic N) is 3. The number of benzene rings is 1. The van der Waals surface area contributed by atoms with Gasteiger partial charge in [0.15, 0.2) is 17.3 Å². The van der Waals surface area contributed by atoms with Gasteiger partial charge in [0.05, 0.1) is 27.4 Å². The highest BCUT2D eigenvalue weighted by Gasteiger charge is 2.22. The van der Waals surface area contributed by atoms with Crippen molar-refractivity contribution in [3.63, 3.8) is 0 Å². The van der Waals surface area contributed by atoms with Gasteiger partial charge >= 0.3 is 5.76 Å². The number of carbonyl (C=O) groups is 1. The van der Waals surface area contributed by atoms with Crippen LogP contribution in [-0.4, -0.2) is 61.1 Å². The Labute approximate surface area is 143 Å². The Hall–Kier alpha value is -2.81. The number of morpholine rings is 1. The molecule has 3 rings (SSSR count). The van der Waals surface area contributed by atoms with Gasteiger partial charge in [0.2, 0.25) is 5.91 Å². The van der Waals surface area contributed by atoms with Crippen LogP contribution in [0.5, 0.6) is 11.5 Å². The van der Waals surface area contributed by atoms with Crippen molar-refractivity contribution in [2.75, 3.05) is 40.5 Å². The quantitative estimate of drug-likeness (QED) is 0.770. The summed E-state index contributed by atoms with van der Waals surface area (Å²) in [5.41, 5.74) is 0.582. The summed E-state index contributed by atoms with van der Waals surface area (Å²) in [6.45, 7) is 1.85. The molecule has 0 saturated carbocycles. The van der Waals surface area contributed by atoms with E-state index in [1.165, 1.54) is 18.8 Å². The third-order valence-corrected chi connectivity index (χ3v) is 3.99. The molecule has 0 atom stereocenters. The largest absolute Gasteiger partial charge is 0.493 e. The molecule has 1 aromatic carbocycles. The van der Waals surface area contributed by atoms with Crippen LogP contribution in [0, 0.1) is 0 Å². The Kier molecular flexibility index (Phi) is 5.03. The lowest BCUT2D eigenvalue weighted by Crippen LogP contribution is -2.43. The lowest BCUT2D eigenvalue weighted by atomic mass is 10.2. The summed E-state index contributed by atoms with van der Waals surface area (Å²) in [6, 6.07) is 5.08. The first-order chi connectivity index (χ1) is 12.1. The molecule has 0 unspecified atom stereocenters. The number of hydrogen-bond donors (Lipinski definition) is 0. The summed E-state index contributed by atoms with van der Waals surface area (Å²) in [5.74, 6) is 0.420. The van der Waals surface area contributed by atoms with Gasteiger partial charge in [-0.1, -0.05) is 5.16 Å². The molecule has 25 heavy (non-hydrogen) atoms. The molecule has 0 aliphatic carbocycles. The zero-order valence-electron chi connectivity index (χ0n) is 14.1. The predicted molar refractivity (Wildman–Crippen MR) is 86.7 cm³/mol. The van der Waals surface area contributed by atoms with Crippen molar-refractivity contribution in [3.8, 4) is 22.9 Å². The van der Waals surface area contributed by atoms with Crippen LogP contribution in [0.4, 0.5) is 0 Å². The van der Waals surface area contributed by atoms with E-state index < -0.39 is 5.76 Å². The summed E-state index contributed by atoms with van der Waals surface area (Å²) in [5, 5.41) is 3.80. The molecule has 0 radical (unpaired) electrons. The molecule has 9 heteroatoms. The molecule has 1 saturated heterocycles. The minimum atomic E-state index is -0.689. The lowest BCUT2D eigenvalue weighted by molar-refractivity contribution is -0.135. The summed E-state index contributed by atoms with van der Waals surface area (Å²) in [7, 11) is 3.05. The second kappa shape index (κ2) is 7.39. The standard InChI is InChI=1S/C16H19N3O6/c1-22-12-4-3-11(9-13(12)23-2)15-17-25-16(21)19(15)10-14(20)18-5-7-24-8-6-18/h3-4,9H,5-8,10H2,1-2H3. The minimum absolute atomic E-state index is 0.147. The van der Waals surface area contributed by atoms with Crippen molar-refractivity contribution in [2.24, 2.45) is 0 Å². The number of ether oxygens (including phenoxy) is 3. The Bertz CT molecular complexity index is 806. The van der Waals surface area contributed by atoms with Crippen molar-refractivity contribution in [3.05, 3.63) is 28.7 Å². The van der Waals surface area contributed by atoms with Crippen LogP contribution in [0.3, 0.4) is 0 Å². The van der Waals surface area contributed by atoms with Gasteiger partial charge in [0, 0.05) is 18.7 Å². The van der Waals surface area contributed by atoms with E-state index in [2.05, 4.69) is 5.16 Å². The van der Waals surface area contributed by atoms with Crippen LogP contribution in [0.25, 0.3) is 11.4 Å². The first kappa shape index (κ1) is 17.0. The second-order valence-electron chi connectivity index (χ2n) is 5.42. The van der Waals surface area contributed by atoms with E-state index in [-0.39, 0.29) is 18.3 Å². The SMILES string of the molecule is COc1ccc(-c2noc(=O)n2CC(=O)N2CCOCC2)cc1OC. The van der Waals surface area contributed by atoms with Crippen LogP contribution >= 0.6 is 0 Å². The van der Waals surface area contributed by atoms with Crippen LogP contribution in [0.1, 0.15) is 0 Å². The third kappa shape index (κ3) is 3.50. The second-order valence-corrected chi connectivity index (χ2v) is 5.42. The van der Waals surface area contributed by atoms with Gasteiger partial charge in [-0.2, -0.15) is 0 Å². The van der Waals surface area contributed by atoms with Crippen LogP contribution in [0.15, 0.2) is 27.5 Å². The first-order valence-corrected chi connectivity index (χ1v) is 7.78. The minimum Gasteiger partial charge on any atom is -0.493 e. The number of hydrogen-bond acceptors (Lipinski definition) is 7. The number of methoxy groups -OCH3 is 2. The number of carbonyl (C=O) groups excluding carboxylic acids is 1. The number of aromatic nitrogens is 2. The highest BCUT2D eigenvalue weighted by atomic mass is 16.5. The van der Waals surface area contributed by atoms with Crippen molar-refractivity contribution in [1.82, 2.24) is 14.6 Å². The molecule has 2 aromatic rings. The van der Waals surface area contributed by atoms with Gasteiger partial charge in [-0.05, 0) is 18.2 Å². The van der Waals surface area contributed by atoms with E-state index in [0.717, 1.165) is 0 Å². The van der Waals surface area contributed by atoms with E-state index in [1.54, 1.807) is 23.1 Å². The Morgan fingerprint density at radius 1 is 1.20 bits per heavy atom. The van der Waals surface area contributed by atoms with Crippen LogP contribution < -0.4 is 15.2 Å². The van der Waals surface area contributed by atoms with Crippen molar-refractivity contribution in [2.45, 2.75) is 6.54 Å². The average Bonchev–Trinajstić information content (AvgIpc) is 3.02. The maximum Gasteiger partial charge on any atom is 0.442 e. The number of amides is 1. The maximum absolute atomic E-state index is 12.4. The molecule has 1 amide bonds. The van der Waals surface area contributed by atoms with E-state index in [4.69, 9.17) is 18.7 Å².